The fraction of sp³-hybridized carbons (Fsp3) is 0.588. The van der Waals surface area contributed by atoms with Gasteiger partial charge in [0.2, 0.25) is 5.91 Å². The molecule has 134 valence electrons. The smallest absolute Gasteiger partial charge is 0.340 e. The standard InChI is InChI=1S/C17H27N3O4/c1-7-18-13(21)9-20(8-2)16(22)15-11(5)14(12(6)19-15)17(23)24-10(3)4/h10,19H,7-9H2,1-6H3,(H,18,21). The number of H-pyrrole nitrogens is 1. The monoisotopic (exact) mass is 337 g/mol. The summed E-state index contributed by atoms with van der Waals surface area (Å²) in [6, 6.07) is 0. The lowest BCUT2D eigenvalue weighted by atomic mass is 10.1. The van der Waals surface area contributed by atoms with Crippen molar-refractivity contribution in [2.45, 2.75) is 47.6 Å². The molecule has 0 atom stereocenters. The van der Waals surface area contributed by atoms with Gasteiger partial charge >= 0.3 is 5.97 Å². The summed E-state index contributed by atoms with van der Waals surface area (Å²) in [6.45, 7) is 11.5. The van der Waals surface area contributed by atoms with E-state index in [0.29, 0.717) is 35.6 Å². The fourth-order valence-electron chi connectivity index (χ4n) is 2.45. The number of aromatic amines is 1. The third-order valence-corrected chi connectivity index (χ3v) is 3.58. The lowest BCUT2D eigenvalue weighted by Gasteiger charge is -2.20. The Morgan fingerprint density at radius 3 is 2.33 bits per heavy atom. The number of aromatic nitrogens is 1. The highest BCUT2D eigenvalue weighted by atomic mass is 16.5. The average Bonchev–Trinajstić information content (AvgIpc) is 2.78. The Hall–Kier alpha value is -2.31. The third-order valence-electron chi connectivity index (χ3n) is 3.58. The van der Waals surface area contributed by atoms with E-state index in [0.717, 1.165) is 0 Å². The van der Waals surface area contributed by atoms with Crippen molar-refractivity contribution in [1.29, 1.82) is 0 Å². The van der Waals surface area contributed by atoms with Crippen LogP contribution in [0, 0.1) is 13.8 Å². The van der Waals surface area contributed by atoms with Gasteiger partial charge < -0.3 is 19.9 Å². The molecule has 1 heterocycles. The van der Waals surface area contributed by atoms with Crippen LogP contribution in [0.2, 0.25) is 0 Å². The normalized spacial score (nSPS) is 10.6. The molecule has 0 spiro atoms. The summed E-state index contributed by atoms with van der Waals surface area (Å²) in [4.78, 5) is 41.1. The van der Waals surface area contributed by atoms with Crippen LogP contribution in [0.4, 0.5) is 0 Å². The van der Waals surface area contributed by atoms with Crippen molar-refractivity contribution in [3.05, 3.63) is 22.5 Å². The molecule has 0 aromatic carbocycles. The van der Waals surface area contributed by atoms with Gasteiger partial charge in [-0.15, -0.1) is 0 Å². The average molecular weight is 337 g/mol. The number of rotatable bonds is 7. The van der Waals surface area contributed by atoms with E-state index in [1.165, 1.54) is 4.90 Å². The number of hydrogen-bond acceptors (Lipinski definition) is 4. The van der Waals surface area contributed by atoms with E-state index in [2.05, 4.69) is 10.3 Å². The number of amides is 2. The lowest BCUT2D eigenvalue weighted by molar-refractivity contribution is -0.121. The molecule has 0 saturated carbocycles. The Kier molecular flexibility index (Phi) is 7.00. The molecule has 0 bridgehead atoms. The fourth-order valence-corrected chi connectivity index (χ4v) is 2.45. The van der Waals surface area contributed by atoms with E-state index < -0.39 is 5.97 Å². The largest absolute Gasteiger partial charge is 0.459 e. The Labute approximate surface area is 142 Å². The zero-order valence-corrected chi connectivity index (χ0v) is 15.3. The van der Waals surface area contributed by atoms with Gasteiger partial charge in [0.1, 0.15) is 5.69 Å². The van der Waals surface area contributed by atoms with Crippen LogP contribution in [0.3, 0.4) is 0 Å². The molecule has 2 amide bonds. The Balaban J connectivity index is 3.06. The van der Waals surface area contributed by atoms with Crippen molar-refractivity contribution in [2.75, 3.05) is 19.6 Å². The maximum atomic E-state index is 12.7. The van der Waals surface area contributed by atoms with Gasteiger partial charge in [0.15, 0.2) is 0 Å². The zero-order chi connectivity index (χ0) is 18.4. The van der Waals surface area contributed by atoms with Crippen molar-refractivity contribution >= 4 is 17.8 Å². The minimum atomic E-state index is -0.456. The number of ether oxygens (including phenoxy) is 1. The molecule has 1 aromatic heterocycles. The molecule has 2 N–H and O–H groups in total. The predicted molar refractivity (Wildman–Crippen MR) is 91.1 cm³/mol. The summed E-state index contributed by atoms with van der Waals surface area (Å²) in [5.41, 5.74) is 1.81. The summed E-state index contributed by atoms with van der Waals surface area (Å²) in [5.74, 6) is -0.983. The number of aryl methyl sites for hydroxylation is 1. The minimum absolute atomic E-state index is 0.0214. The van der Waals surface area contributed by atoms with E-state index in [4.69, 9.17) is 4.74 Å². The van der Waals surface area contributed by atoms with Crippen LogP contribution < -0.4 is 5.32 Å². The first kappa shape index (κ1) is 19.7. The highest BCUT2D eigenvalue weighted by Crippen LogP contribution is 2.21. The number of hydrogen-bond donors (Lipinski definition) is 2. The Morgan fingerprint density at radius 2 is 1.83 bits per heavy atom. The van der Waals surface area contributed by atoms with Crippen molar-refractivity contribution in [3.63, 3.8) is 0 Å². The summed E-state index contributed by atoms with van der Waals surface area (Å²) in [6.07, 6.45) is -0.241. The first-order chi connectivity index (χ1) is 11.2. The summed E-state index contributed by atoms with van der Waals surface area (Å²) in [5, 5.41) is 2.67. The molecule has 0 aliphatic rings. The number of nitrogens with one attached hydrogen (secondary N) is 2. The van der Waals surface area contributed by atoms with E-state index in [1.807, 2.05) is 6.92 Å². The van der Waals surface area contributed by atoms with Crippen LogP contribution in [-0.2, 0) is 9.53 Å². The predicted octanol–water partition coefficient (Wildman–Crippen LogP) is 1.79. The maximum Gasteiger partial charge on any atom is 0.340 e. The van der Waals surface area contributed by atoms with E-state index >= 15 is 0 Å². The number of esters is 1. The van der Waals surface area contributed by atoms with Crippen LogP contribution in [0.25, 0.3) is 0 Å². The number of nitrogens with zero attached hydrogens (tertiary/aromatic N) is 1. The van der Waals surface area contributed by atoms with E-state index in [-0.39, 0.29) is 24.5 Å². The number of carbonyl (C=O) groups is 3. The highest BCUT2D eigenvalue weighted by molar-refractivity contribution is 6.01. The van der Waals surface area contributed by atoms with Gasteiger partial charge in [-0.3, -0.25) is 9.59 Å². The second-order valence-corrected chi connectivity index (χ2v) is 5.85. The third kappa shape index (κ3) is 4.59. The van der Waals surface area contributed by atoms with Crippen LogP contribution >= 0.6 is 0 Å². The molecule has 0 radical (unpaired) electrons. The Morgan fingerprint density at radius 1 is 1.21 bits per heavy atom. The first-order valence-corrected chi connectivity index (χ1v) is 8.18. The first-order valence-electron chi connectivity index (χ1n) is 8.18. The van der Waals surface area contributed by atoms with Crippen LogP contribution in [0.1, 0.15) is 59.8 Å². The maximum absolute atomic E-state index is 12.7. The van der Waals surface area contributed by atoms with Crippen LogP contribution in [0.5, 0.6) is 0 Å². The Bertz CT molecular complexity index is 620. The van der Waals surface area contributed by atoms with Crippen molar-refractivity contribution in [3.8, 4) is 0 Å². The van der Waals surface area contributed by atoms with E-state index in [1.54, 1.807) is 34.6 Å². The molecule has 1 aromatic rings. The van der Waals surface area contributed by atoms with Crippen LogP contribution in [0.15, 0.2) is 0 Å². The van der Waals surface area contributed by atoms with Gasteiger partial charge in [0.25, 0.3) is 5.91 Å². The number of likely N-dealkylation sites (N-methyl/N-ethyl adjacent to an activating group) is 2. The molecule has 0 fully saturated rings. The van der Waals surface area contributed by atoms with E-state index in [9.17, 15) is 14.4 Å². The number of carbonyl (C=O) groups excluding carboxylic acids is 3. The minimum Gasteiger partial charge on any atom is -0.459 e. The van der Waals surface area contributed by atoms with Crippen molar-refractivity contribution in [2.24, 2.45) is 0 Å². The molecule has 0 saturated heterocycles. The molecule has 24 heavy (non-hydrogen) atoms. The molecule has 7 heteroatoms. The van der Waals surface area contributed by atoms with Crippen molar-refractivity contribution < 1.29 is 19.1 Å². The van der Waals surface area contributed by atoms with Gasteiger partial charge in [-0.25, -0.2) is 4.79 Å². The molecule has 7 nitrogen and oxygen atoms in total. The molecular formula is C17H27N3O4. The highest BCUT2D eigenvalue weighted by Gasteiger charge is 2.26. The van der Waals surface area contributed by atoms with Gasteiger partial charge in [0.05, 0.1) is 18.2 Å². The lowest BCUT2D eigenvalue weighted by Crippen LogP contribution is -2.40. The van der Waals surface area contributed by atoms with Gasteiger partial charge in [-0.1, -0.05) is 0 Å². The summed E-state index contributed by atoms with van der Waals surface area (Å²) >= 11 is 0. The zero-order valence-electron chi connectivity index (χ0n) is 15.3. The molecule has 0 aliphatic carbocycles. The quantitative estimate of drug-likeness (QED) is 0.742. The topological polar surface area (TPSA) is 91.5 Å². The van der Waals surface area contributed by atoms with Crippen molar-refractivity contribution in [1.82, 2.24) is 15.2 Å². The van der Waals surface area contributed by atoms with Gasteiger partial charge in [0, 0.05) is 18.8 Å². The molecule has 0 aliphatic heterocycles. The molecule has 1 rings (SSSR count). The van der Waals surface area contributed by atoms with Crippen LogP contribution in [-0.4, -0.2) is 53.4 Å². The van der Waals surface area contributed by atoms with Gasteiger partial charge in [-0.05, 0) is 47.1 Å². The summed E-state index contributed by atoms with van der Waals surface area (Å²) < 4.78 is 5.23. The SMILES string of the molecule is CCNC(=O)CN(CC)C(=O)c1[nH]c(C)c(C(=O)OC(C)C)c1C. The molecule has 0 unspecified atom stereocenters. The second kappa shape index (κ2) is 8.52. The second-order valence-electron chi connectivity index (χ2n) is 5.85. The molecular weight excluding hydrogens is 310 g/mol. The summed E-state index contributed by atoms with van der Waals surface area (Å²) in [7, 11) is 0. The van der Waals surface area contributed by atoms with Gasteiger partial charge in [-0.2, -0.15) is 0 Å².